The second-order valence-corrected chi connectivity index (χ2v) is 16.7. The molecule has 4 aromatic rings. The third-order valence-corrected chi connectivity index (χ3v) is 14.9. The average Bonchev–Trinajstić information content (AvgIpc) is 3.44. The molecule has 220 valence electrons. The molecule has 45 heavy (non-hydrogen) atoms. The highest BCUT2D eigenvalue weighted by atomic mass is 28.3. The summed E-state index contributed by atoms with van der Waals surface area (Å²) in [4.78, 5) is 2.62. The Kier molecular flexibility index (Phi) is 7.23. The second-order valence-electron chi connectivity index (χ2n) is 12.8. The molecule has 0 amide bonds. The highest BCUT2D eigenvalue weighted by Crippen LogP contribution is 2.47. The van der Waals surface area contributed by atoms with Crippen molar-refractivity contribution in [1.82, 2.24) is 0 Å². The van der Waals surface area contributed by atoms with Crippen LogP contribution in [0, 0.1) is 11.8 Å². The van der Waals surface area contributed by atoms with Crippen LogP contribution in [0.1, 0.15) is 26.2 Å². The van der Waals surface area contributed by atoms with Gasteiger partial charge in [0.1, 0.15) is 0 Å². The van der Waals surface area contributed by atoms with Gasteiger partial charge in [0.25, 0.3) is 0 Å². The molecule has 4 aliphatic rings. The van der Waals surface area contributed by atoms with Crippen molar-refractivity contribution in [3.8, 4) is 11.1 Å². The molecule has 0 saturated carbocycles. The molecule has 0 aromatic heterocycles. The molecule has 1 heterocycles. The number of fused-ring (bicyclic) bond motifs is 2. The number of hydrogen-bond acceptors (Lipinski definition) is 1. The lowest BCUT2D eigenvalue weighted by Crippen LogP contribution is -2.62. The van der Waals surface area contributed by atoms with E-state index in [1.165, 1.54) is 48.9 Å². The normalized spacial score (nSPS) is 23.2. The number of benzene rings is 4. The maximum atomic E-state index is 2.68. The van der Waals surface area contributed by atoms with Crippen molar-refractivity contribution >= 4 is 24.1 Å². The van der Waals surface area contributed by atoms with Crippen LogP contribution in [-0.2, 0) is 0 Å². The van der Waals surface area contributed by atoms with Gasteiger partial charge in [-0.15, -0.1) is 0 Å². The van der Waals surface area contributed by atoms with E-state index in [-0.39, 0.29) is 6.04 Å². The van der Waals surface area contributed by atoms with E-state index in [1.54, 1.807) is 0 Å². The van der Waals surface area contributed by atoms with E-state index >= 15 is 0 Å². The summed E-state index contributed by atoms with van der Waals surface area (Å²) >= 11 is 0. The van der Waals surface area contributed by atoms with Gasteiger partial charge in [-0.25, -0.2) is 0 Å². The zero-order chi connectivity index (χ0) is 30.2. The summed E-state index contributed by atoms with van der Waals surface area (Å²) in [6, 6.07) is 43.1. The van der Waals surface area contributed by atoms with Gasteiger partial charge in [-0.3, -0.25) is 0 Å². The Balaban J connectivity index is 1.37. The van der Waals surface area contributed by atoms with Gasteiger partial charge >= 0.3 is 0 Å². The van der Waals surface area contributed by atoms with Crippen molar-refractivity contribution < 1.29 is 0 Å². The lowest BCUT2D eigenvalue weighted by atomic mass is 9.88. The Morgan fingerprint density at radius 1 is 0.644 bits per heavy atom. The fourth-order valence-corrected chi connectivity index (χ4v) is 13.2. The van der Waals surface area contributed by atoms with Gasteiger partial charge in [-0.2, -0.15) is 0 Å². The van der Waals surface area contributed by atoms with E-state index in [1.807, 2.05) is 0 Å². The Labute approximate surface area is 269 Å². The summed E-state index contributed by atoms with van der Waals surface area (Å²) in [7, 11) is -2.69. The molecule has 8 rings (SSSR count). The molecular formula is C43H39NSi. The summed E-state index contributed by atoms with van der Waals surface area (Å²) in [5.41, 5.74) is 6.82. The standard InChI is InChI=1S/C43H39NSi/c1-32-15-13-23-37(29-32)45(36-21-9-4-10-22-36,38-24-14-18-34(30-38)33-16-5-2-6-17-33)39-27-28-43-41(31-39)40-25-11-12-26-42(40)44(43)35-19-7-3-8-20-35/h2-11,13-14,16-25,27-32,41,43H,12,15,26H2,1H3. The molecule has 0 saturated heterocycles. The third kappa shape index (κ3) is 4.76. The van der Waals surface area contributed by atoms with Crippen molar-refractivity contribution in [3.05, 3.63) is 186 Å². The summed E-state index contributed by atoms with van der Waals surface area (Å²) in [6.45, 7) is 2.37. The monoisotopic (exact) mass is 597 g/mol. The average molecular weight is 598 g/mol. The van der Waals surface area contributed by atoms with Crippen molar-refractivity contribution in [2.75, 3.05) is 4.90 Å². The zero-order valence-electron chi connectivity index (χ0n) is 25.9. The van der Waals surface area contributed by atoms with E-state index < -0.39 is 8.07 Å². The predicted molar refractivity (Wildman–Crippen MR) is 193 cm³/mol. The van der Waals surface area contributed by atoms with Crippen LogP contribution in [0.4, 0.5) is 5.69 Å². The molecule has 4 aromatic carbocycles. The number of rotatable bonds is 6. The Bertz CT molecular complexity index is 1890. The van der Waals surface area contributed by atoms with Crippen LogP contribution in [0.15, 0.2) is 186 Å². The summed E-state index contributed by atoms with van der Waals surface area (Å²) in [5, 5.41) is 5.88. The van der Waals surface area contributed by atoms with Gasteiger partial charge in [0.15, 0.2) is 8.07 Å². The Hall–Kier alpha value is -4.66. The quantitative estimate of drug-likeness (QED) is 0.200. The number of para-hydroxylation sites is 1. The molecule has 2 heteroatoms. The van der Waals surface area contributed by atoms with Crippen molar-refractivity contribution in [2.45, 2.75) is 32.2 Å². The van der Waals surface area contributed by atoms with E-state index in [4.69, 9.17) is 0 Å². The predicted octanol–water partition coefficient (Wildman–Crippen LogP) is 9.12. The van der Waals surface area contributed by atoms with Crippen LogP contribution >= 0.6 is 0 Å². The van der Waals surface area contributed by atoms with Crippen molar-refractivity contribution in [2.24, 2.45) is 11.8 Å². The van der Waals surface area contributed by atoms with Crippen LogP contribution in [0.5, 0.6) is 0 Å². The van der Waals surface area contributed by atoms with Crippen LogP contribution in [0.3, 0.4) is 0 Å². The Morgan fingerprint density at radius 2 is 1.33 bits per heavy atom. The molecule has 1 nitrogen and oxygen atoms in total. The maximum Gasteiger partial charge on any atom is 0.179 e. The topological polar surface area (TPSA) is 3.24 Å². The summed E-state index contributed by atoms with van der Waals surface area (Å²) in [5.74, 6) is 0.824. The smallest absolute Gasteiger partial charge is 0.179 e. The zero-order valence-corrected chi connectivity index (χ0v) is 26.9. The first kappa shape index (κ1) is 27.9. The largest absolute Gasteiger partial charge is 0.337 e. The highest BCUT2D eigenvalue weighted by Gasteiger charge is 2.47. The molecule has 0 radical (unpaired) electrons. The maximum absolute atomic E-state index is 2.69. The Morgan fingerprint density at radius 3 is 2.11 bits per heavy atom. The van der Waals surface area contributed by atoms with Crippen LogP contribution in [0.2, 0.25) is 0 Å². The first-order valence-corrected chi connectivity index (χ1v) is 18.5. The molecule has 0 spiro atoms. The van der Waals surface area contributed by atoms with Crippen molar-refractivity contribution in [3.63, 3.8) is 0 Å². The number of allylic oxidation sites excluding steroid dienone is 9. The lowest BCUT2D eigenvalue weighted by molar-refractivity contribution is 0.679. The van der Waals surface area contributed by atoms with Gasteiger partial charge < -0.3 is 4.90 Å². The number of anilines is 1. The van der Waals surface area contributed by atoms with Crippen LogP contribution in [-0.4, -0.2) is 14.1 Å². The summed E-state index contributed by atoms with van der Waals surface area (Å²) in [6.07, 6.45) is 23.3. The first-order valence-electron chi connectivity index (χ1n) is 16.5. The highest BCUT2D eigenvalue weighted by molar-refractivity contribution is 7.13. The van der Waals surface area contributed by atoms with Gasteiger partial charge in [-0.1, -0.05) is 159 Å². The fourth-order valence-electron chi connectivity index (χ4n) is 8.11. The van der Waals surface area contributed by atoms with Crippen molar-refractivity contribution in [1.29, 1.82) is 0 Å². The SMILES string of the molecule is CC1C=C([Si](C2=CC3C4=C(CCC=C4)N(c4ccccc4)C3C=C2)(c2ccccc2)c2cccc(-c3ccccc3)c2)C=CC1. The molecule has 0 fully saturated rings. The lowest BCUT2D eigenvalue weighted by Gasteiger charge is -2.40. The van der Waals surface area contributed by atoms with Gasteiger partial charge in [-0.05, 0) is 74.8 Å². The van der Waals surface area contributed by atoms with E-state index in [9.17, 15) is 0 Å². The number of hydrogen-bond donors (Lipinski definition) is 0. The van der Waals surface area contributed by atoms with Gasteiger partial charge in [0.05, 0.1) is 6.04 Å². The van der Waals surface area contributed by atoms with E-state index in [0.717, 1.165) is 19.3 Å². The van der Waals surface area contributed by atoms with Gasteiger partial charge in [0, 0.05) is 17.3 Å². The third-order valence-electron chi connectivity index (χ3n) is 10.1. The molecular weight excluding hydrogens is 559 g/mol. The molecule has 0 bridgehead atoms. The van der Waals surface area contributed by atoms with Crippen LogP contribution in [0.25, 0.3) is 11.1 Å². The molecule has 4 atom stereocenters. The first-order chi connectivity index (χ1) is 22.2. The second kappa shape index (κ2) is 11.7. The van der Waals surface area contributed by atoms with Gasteiger partial charge in [0.2, 0.25) is 0 Å². The summed E-state index contributed by atoms with van der Waals surface area (Å²) < 4.78 is 0. The van der Waals surface area contributed by atoms with Crippen LogP contribution < -0.4 is 15.3 Å². The van der Waals surface area contributed by atoms with E-state index in [2.05, 4.69) is 176 Å². The number of nitrogens with zero attached hydrogens (tertiary/aromatic N) is 1. The minimum Gasteiger partial charge on any atom is -0.337 e. The van der Waals surface area contributed by atoms with E-state index in [0.29, 0.717) is 11.8 Å². The molecule has 4 unspecified atom stereocenters. The molecule has 3 aliphatic carbocycles. The minimum atomic E-state index is -2.69. The fraction of sp³-hybridized carbons (Fsp3) is 0.163. The minimum absolute atomic E-state index is 0.289. The molecule has 0 N–H and O–H groups in total. The molecule has 1 aliphatic heterocycles.